The van der Waals surface area contributed by atoms with E-state index in [4.69, 9.17) is 4.74 Å². The number of hydrogen-bond donors (Lipinski definition) is 0. The molecule has 2 amide bonds. The van der Waals surface area contributed by atoms with Crippen molar-refractivity contribution in [2.45, 2.75) is 57.0 Å². The standard InChI is InChI=1S/C28H35N3O3/c1-29(2)28(33)34-26-12-8-11-22-23-15-18-30(25(23)14-13-24(22)26)16-6-3-7-17-31-19-20-9-4-5-10-21(20)27(31)32/h4-5,8-12,23,25H,3,6-7,13-19H2,1-2H3/t23-,25+/m0/s1. The SMILES string of the molecule is CN(C)C(=O)Oc1cccc2c1CC[C@@H]1[C@H]2CCN1CCCCCN1Cc2ccccc2C1=O. The molecule has 0 saturated carbocycles. The van der Waals surface area contributed by atoms with E-state index >= 15 is 0 Å². The Morgan fingerprint density at radius 1 is 1.03 bits per heavy atom. The van der Waals surface area contributed by atoms with Gasteiger partial charge >= 0.3 is 6.09 Å². The highest BCUT2D eigenvalue weighted by molar-refractivity contribution is 5.98. The van der Waals surface area contributed by atoms with Gasteiger partial charge in [-0.05, 0) is 74.0 Å². The summed E-state index contributed by atoms with van der Waals surface area (Å²) in [5.41, 5.74) is 4.63. The Morgan fingerprint density at radius 2 is 1.85 bits per heavy atom. The van der Waals surface area contributed by atoms with Gasteiger partial charge in [0.05, 0.1) is 0 Å². The molecule has 0 unspecified atom stereocenters. The first-order chi connectivity index (χ1) is 16.5. The molecule has 2 aliphatic heterocycles. The van der Waals surface area contributed by atoms with Crippen LogP contribution in [0.25, 0.3) is 0 Å². The molecule has 2 atom stereocenters. The Labute approximate surface area is 202 Å². The molecule has 2 heterocycles. The number of ether oxygens (including phenoxy) is 1. The lowest BCUT2D eigenvalue weighted by Crippen LogP contribution is -2.36. The largest absolute Gasteiger partial charge is 0.414 e. The topological polar surface area (TPSA) is 53.1 Å². The quantitative estimate of drug-likeness (QED) is 0.562. The Bertz CT molecular complexity index is 1070. The lowest BCUT2D eigenvalue weighted by Gasteiger charge is -2.34. The fourth-order valence-electron chi connectivity index (χ4n) is 6.00. The van der Waals surface area contributed by atoms with E-state index in [1.165, 1.54) is 28.9 Å². The molecule has 6 heteroatoms. The number of fused-ring (bicyclic) bond motifs is 4. The van der Waals surface area contributed by atoms with Gasteiger partial charge in [0.25, 0.3) is 5.91 Å². The first-order valence-corrected chi connectivity index (χ1v) is 12.6. The van der Waals surface area contributed by atoms with Crippen LogP contribution in [0.1, 0.15) is 65.1 Å². The van der Waals surface area contributed by atoms with Crippen molar-refractivity contribution in [3.63, 3.8) is 0 Å². The highest BCUT2D eigenvalue weighted by atomic mass is 16.6. The minimum atomic E-state index is -0.317. The van der Waals surface area contributed by atoms with Crippen LogP contribution >= 0.6 is 0 Å². The van der Waals surface area contributed by atoms with Gasteiger partial charge in [-0.3, -0.25) is 9.69 Å². The molecule has 0 aromatic heterocycles. The zero-order valence-corrected chi connectivity index (χ0v) is 20.3. The zero-order valence-electron chi connectivity index (χ0n) is 20.3. The Morgan fingerprint density at radius 3 is 2.68 bits per heavy atom. The molecule has 5 rings (SSSR count). The van der Waals surface area contributed by atoms with Gasteiger partial charge in [-0.2, -0.15) is 0 Å². The van der Waals surface area contributed by atoms with E-state index < -0.39 is 0 Å². The summed E-state index contributed by atoms with van der Waals surface area (Å²) in [7, 11) is 3.43. The maximum absolute atomic E-state index is 12.5. The summed E-state index contributed by atoms with van der Waals surface area (Å²) in [4.78, 5) is 30.8. The summed E-state index contributed by atoms with van der Waals surface area (Å²) in [6.45, 7) is 3.87. The first-order valence-electron chi connectivity index (χ1n) is 12.6. The van der Waals surface area contributed by atoms with Crippen molar-refractivity contribution >= 4 is 12.0 Å². The van der Waals surface area contributed by atoms with Crippen LogP contribution in [-0.4, -0.2) is 66.5 Å². The van der Waals surface area contributed by atoms with Crippen LogP contribution in [0, 0.1) is 0 Å². The van der Waals surface area contributed by atoms with E-state index in [1.54, 1.807) is 14.1 Å². The fourth-order valence-corrected chi connectivity index (χ4v) is 6.00. The number of unbranched alkanes of at least 4 members (excludes halogenated alkanes) is 2. The fraction of sp³-hybridized carbons (Fsp3) is 0.500. The molecular formula is C28H35N3O3. The highest BCUT2D eigenvalue weighted by Crippen LogP contribution is 2.44. The third-order valence-electron chi connectivity index (χ3n) is 7.75. The van der Waals surface area contributed by atoms with Crippen LogP contribution in [-0.2, 0) is 13.0 Å². The average molecular weight is 462 g/mol. The van der Waals surface area contributed by atoms with Gasteiger partial charge in [0.2, 0.25) is 0 Å². The molecule has 0 radical (unpaired) electrons. The second kappa shape index (κ2) is 9.79. The van der Waals surface area contributed by atoms with E-state index in [9.17, 15) is 9.59 Å². The van der Waals surface area contributed by atoms with Crippen molar-refractivity contribution in [3.05, 3.63) is 64.7 Å². The molecule has 1 aliphatic carbocycles. The smallest absolute Gasteiger partial charge is 0.410 e. The minimum Gasteiger partial charge on any atom is -0.410 e. The molecule has 0 bridgehead atoms. The van der Waals surface area contributed by atoms with Gasteiger partial charge in [-0.15, -0.1) is 0 Å². The summed E-state index contributed by atoms with van der Waals surface area (Å²) >= 11 is 0. The van der Waals surface area contributed by atoms with Crippen LogP contribution in [0.4, 0.5) is 4.79 Å². The summed E-state index contributed by atoms with van der Waals surface area (Å²) in [5, 5.41) is 0. The molecule has 2 aromatic carbocycles. The lowest BCUT2D eigenvalue weighted by atomic mass is 9.79. The van der Waals surface area contributed by atoms with Crippen molar-refractivity contribution in [2.75, 3.05) is 33.7 Å². The predicted molar refractivity (Wildman–Crippen MR) is 132 cm³/mol. The zero-order chi connectivity index (χ0) is 23.7. The number of carbonyl (C=O) groups excluding carboxylic acids is 2. The first kappa shape index (κ1) is 22.9. The third kappa shape index (κ3) is 4.43. The Kier molecular flexibility index (Phi) is 6.59. The number of benzene rings is 2. The maximum Gasteiger partial charge on any atom is 0.414 e. The highest BCUT2D eigenvalue weighted by Gasteiger charge is 2.39. The summed E-state index contributed by atoms with van der Waals surface area (Å²) < 4.78 is 5.66. The number of hydrogen-bond acceptors (Lipinski definition) is 4. The van der Waals surface area contributed by atoms with Crippen LogP contribution in [0.2, 0.25) is 0 Å². The molecule has 1 fully saturated rings. The van der Waals surface area contributed by atoms with Crippen LogP contribution in [0.15, 0.2) is 42.5 Å². The minimum absolute atomic E-state index is 0.189. The predicted octanol–water partition coefficient (Wildman–Crippen LogP) is 4.68. The summed E-state index contributed by atoms with van der Waals surface area (Å²) in [6, 6.07) is 14.7. The molecule has 6 nitrogen and oxygen atoms in total. The molecule has 180 valence electrons. The van der Waals surface area contributed by atoms with Gasteiger partial charge in [0.15, 0.2) is 0 Å². The van der Waals surface area contributed by atoms with Crippen LogP contribution in [0.3, 0.4) is 0 Å². The van der Waals surface area contributed by atoms with E-state index in [1.807, 2.05) is 35.2 Å². The molecule has 3 aliphatic rings. The van der Waals surface area contributed by atoms with Gasteiger partial charge in [-0.1, -0.05) is 36.8 Å². The summed E-state index contributed by atoms with van der Waals surface area (Å²) in [6.07, 6.45) is 6.31. The monoisotopic (exact) mass is 461 g/mol. The average Bonchev–Trinajstić information content (AvgIpc) is 3.40. The number of nitrogens with zero attached hydrogens (tertiary/aromatic N) is 3. The lowest BCUT2D eigenvalue weighted by molar-refractivity contribution is 0.0775. The van der Waals surface area contributed by atoms with E-state index in [-0.39, 0.29) is 12.0 Å². The van der Waals surface area contributed by atoms with Crippen LogP contribution < -0.4 is 4.74 Å². The molecule has 2 aromatic rings. The number of carbonyl (C=O) groups is 2. The molecule has 34 heavy (non-hydrogen) atoms. The third-order valence-corrected chi connectivity index (χ3v) is 7.75. The van der Waals surface area contributed by atoms with E-state index in [0.29, 0.717) is 12.0 Å². The van der Waals surface area contributed by atoms with Crippen molar-refractivity contribution in [2.24, 2.45) is 0 Å². The van der Waals surface area contributed by atoms with Crippen molar-refractivity contribution in [1.29, 1.82) is 0 Å². The van der Waals surface area contributed by atoms with Crippen LogP contribution in [0.5, 0.6) is 5.75 Å². The molecular weight excluding hydrogens is 426 g/mol. The maximum atomic E-state index is 12.5. The second-order valence-corrected chi connectivity index (χ2v) is 10.1. The van der Waals surface area contributed by atoms with Gasteiger partial charge in [-0.25, -0.2) is 4.79 Å². The van der Waals surface area contributed by atoms with Crippen molar-refractivity contribution < 1.29 is 14.3 Å². The number of amides is 2. The molecule has 1 saturated heterocycles. The number of rotatable bonds is 7. The van der Waals surface area contributed by atoms with Gasteiger partial charge < -0.3 is 14.5 Å². The molecule has 0 N–H and O–H groups in total. The Balaban J connectivity index is 1.11. The molecule has 0 spiro atoms. The second-order valence-electron chi connectivity index (χ2n) is 10.1. The van der Waals surface area contributed by atoms with Gasteiger partial charge in [0.1, 0.15) is 5.75 Å². The van der Waals surface area contributed by atoms with Crippen molar-refractivity contribution in [3.8, 4) is 5.75 Å². The van der Waals surface area contributed by atoms with Gasteiger partial charge in [0, 0.05) is 44.7 Å². The van der Waals surface area contributed by atoms with Crippen molar-refractivity contribution in [1.82, 2.24) is 14.7 Å². The normalized spacial score (nSPS) is 21.2. The number of likely N-dealkylation sites (tertiary alicyclic amines) is 1. The van der Waals surface area contributed by atoms with E-state index in [2.05, 4.69) is 17.0 Å². The van der Waals surface area contributed by atoms with E-state index in [0.717, 1.165) is 68.7 Å². The Hall–Kier alpha value is -2.86. The summed E-state index contributed by atoms with van der Waals surface area (Å²) in [5.74, 6) is 1.45.